The van der Waals surface area contributed by atoms with Crippen molar-refractivity contribution in [3.05, 3.63) is 176 Å². The zero-order valence-electron chi connectivity index (χ0n) is 27.5. The van der Waals surface area contributed by atoms with Crippen molar-refractivity contribution < 1.29 is 0 Å². The fourth-order valence-electron chi connectivity index (χ4n) is 7.31. The molecule has 3 nitrogen and oxygen atoms in total. The highest BCUT2D eigenvalue weighted by Gasteiger charge is 2.21. The molecule has 0 N–H and O–H groups in total. The normalized spacial score (nSPS) is 11.5. The molecule has 2 aromatic heterocycles. The van der Waals surface area contributed by atoms with E-state index >= 15 is 0 Å². The first kappa shape index (κ1) is 29.4. The van der Waals surface area contributed by atoms with Gasteiger partial charge >= 0.3 is 0 Å². The van der Waals surface area contributed by atoms with E-state index in [4.69, 9.17) is 15.0 Å². The van der Waals surface area contributed by atoms with Crippen molar-refractivity contribution in [3.8, 4) is 56.4 Å². The summed E-state index contributed by atoms with van der Waals surface area (Å²) in [6.07, 6.45) is 0. The van der Waals surface area contributed by atoms with Crippen LogP contribution in [0, 0.1) is 0 Å². The van der Waals surface area contributed by atoms with Crippen molar-refractivity contribution >= 4 is 53.1 Å². The van der Waals surface area contributed by atoms with Gasteiger partial charge in [0.1, 0.15) is 0 Å². The van der Waals surface area contributed by atoms with Crippen molar-refractivity contribution in [3.63, 3.8) is 0 Å². The minimum atomic E-state index is 0.642. The minimum absolute atomic E-state index is 0.642. The largest absolute Gasteiger partial charge is 0.208 e. The van der Waals surface area contributed by atoms with Gasteiger partial charge in [0.05, 0.1) is 0 Å². The summed E-state index contributed by atoms with van der Waals surface area (Å²) >= 11 is 1.79. The smallest absolute Gasteiger partial charge is 0.165 e. The third-order valence-corrected chi connectivity index (χ3v) is 11.0. The highest BCUT2D eigenvalue weighted by Crippen LogP contribution is 2.42. The average Bonchev–Trinajstić information content (AvgIpc) is 3.59. The van der Waals surface area contributed by atoms with Crippen LogP contribution in [-0.2, 0) is 0 Å². The molecule has 0 spiro atoms. The second-order valence-electron chi connectivity index (χ2n) is 12.8. The van der Waals surface area contributed by atoms with E-state index in [1.807, 2.05) is 0 Å². The van der Waals surface area contributed by atoms with Crippen molar-refractivity contribution in [2.45, 2.75) is 0 Å². The number of thiophene rings is 1. The van der Waals surface area contributed by atoms with Crippen LogP contribution in [0.4, 0.5) is 0 Å². The summed E-state index contributed by atoms with van der Waals surface area (Å²) in [5.74, 6) is 1.95. The molecule has 0 aliphatic carbocycles. The van der Waals surface area contributed by atoms with E-state index in [0.29, 0.717) is 17.5 Å². The van der Waals surface area contributed by atoms with Crippen LogP contribution in [0.3, 0.4) is 0 Å². The zero-order valence-corrected chi connectivity index (χ0v) is 28.3. The number of fused-ring (bicyclic) bond motifs is 5. The Kier molecular flexibility index (Phi) is 7.00. The molecule has 0 saturated carbocycles. The second kappa shape index (κ2) is 12.1. The summed E-state index contributed by atoms with van der Waals surface area (Å²) in [7, 11) is 0. The summed E-state index contributed by atoms with van der Waals surface area (Å²) in [4.78, 5) is 16.1. The third-order valence-electron chi connectivity index (χ3n) is 9.75. The molecular weight excluding hydrogens is 639 g/mol. The van der Waals surface area contributed by atoms with E-state index in [0.717, 1.165) is 49.7 Å². The number of rotatable bonds is 5. The lowest BCUT2D eigenvalue weighted by molar-refractivity contribution is 1.08. The predicted octanol–water partition coefficient (Wildman–Crippen LogP) is 12.9. The van der Waals surface area contributed by atoms with Crippen LogP contribution in [0.5, 0.6) is 0 Å². The van der Waals surface area contributed by atoms with E-state index in [9.17, 15) is 0 Å². The van der Waals surface area contributed by atoms with Gasteiger partial charge in [-0.1, -0.05) is 158 Å². The molecule has 0 aliphatic rings. The third kappa shape index (κ3) is 5.08. The Morgan fingerprint density at radius 2 is 0.941 bits per heavy atom. The van der Waals surface area contributed by atoms with Gasteiger partial charge < -0.3 is 0 Å². The highest BCUT2D eigenvalue weighted by atomic mass is 32.1. The molecule has 0 unspecified atom stereocenters. The van der Waals surface area contributed by atoms with Crippen LogP contribution >= 0.6 is 11.3 Å². The average molecular weight is 668 g/mol. The summed E-state index contributed by atoms with van der Waals surface area (Å²) in [6, 6.07) is 62.1. The molecule has 0 fully saturated rings. The number of aromatic nitrogens is 3. The van der Waals surface area contributed by atoms with Crippen LogP contribution in [0.1, 0.15) is 0 Å². The van der Waals surface area contributed by atoms with Crippen molar-refractivity contribution in [1.29, 1.82) is 0 Å². The zero-order chi connectivity index (χ0) is 33.7. The Bertz CT molecular complexity index is 2930. The van der Waals surface area contributed by atoms with E-state index in [2.05, 4.69) is 176 Å². The molecule has 2 heterocycles. The van der Waals surface area contributed by atoms with Gasteiger partial charge in [-0.25, -0.2) is 15.0 Å². The van der Waals surface area contributed by atoms with E-state index < -0.39 is 0 Å². The molecule has 10 aromatic rings. The van der Waals surface area contributed by atoms with Gasteiger partial charge in [0.2, 0.25) is 0 Å². The molecule has 0 aliphatic heterocycles. The number of hydrogen-bond donors (Lipinski definition) is 0. The SMILES string of the molecule is c1ccc(-c2ccc3ccccc3c2-c2nc(-c3ccccc3-c3ccc4ccccc4c3)nc(-c3cccc4c3sc3ccccc34)n2)cc1. The maximum absolute atomic E-state index is 5.39. The lowest BCUT2D eigenvalue weighted by Crippen LogP contribution is -2.02. The predicted molar refractivity (Wildman–Crippen MR) is 215 cm³/mol. The second-order valence-corrected chi connectivity index (χ2v) is 13.8. The van der Waals surface area contributed by atoms with Crippen LogP contribution < -0.4 is 0 Å². The summed E-state index contributed by atoms with van der Waals surface area (Å²) in [5, 5.41) is 7.11. The van der Waals surface area contributed by atoms with E-state index in [1.165, 1.54) is 30.9 Å². The molecule has 0 bridgehead atoms. The first-order valence-corrected chi connectivity index (χ1v) is 17.9. The molecule has 0 atom stereocenters. The monoisotopic (exact) mass is 667 g/mol. The lowest BCUT2D eigenvalue weighted by Gasteiger charge is -2.16. The van der Waals surface area contributed by atoms with Gasteiger partial charge in [0.15, 0.2) is 17.5 Å². The Balaban J connectivity index is 1.28. The van der Waals surface area contributed by atoms with Crippen molar-refractivity contribution in [2.75, 3.05) is 0 Å². The van der Waals surface area contributed by atoms with Crippen molar-refractivity contribution in [2.24, 2.45) is 0 Å². The first-order valence-electron chi connectivity index (χ1n) is 17.1. The summed E-state index contributed by atoms with van der Waals surface area (Å²) in [5.41, 5.74) is 7.36. The Morgan fingerprint density at radius 1 is 0.333 bits per heavy atom. The maximum atomic E-state index is 5.39. The number of benzene rings is 8. The van der Waals surface area contributed by atoms with Crippen LogP contribution in [0.2, 0.25) is 0 Å². The number of nitrogens with zero attached hydrogens (tertiary/aromatic N) is 3. The standard InChI is InChI=1S/C47H29N3S/c1-2-14-31(15-3-1)37-28-27-32-16-6-7-19-36(32)43(37)47-49-45(40-21-9-8-18-35(40)34-26-25-30-13-4-5-17-33(30)29-34)48-46(50-47)41-23-12-22-39-38-20-10-11-24-42(38)51-44(39)41/h1-29H. The van der Waals surface area contributed by atoms with Crippen LogP contribution in [-0.4, -0.2) is 15.0 Å². The highest BCUT2D eigenvalue weighted by molar-refractivity contribution is 7.26. The van der Waals surface area contributed by atoms with Gasteiger partial charge in [-0.3, -0.25) is 0 Å². The van der Waals surface area contributed by atoms with E-state index in [-0.39, 0.29) is 0 Å². The molecule has 0 amide bonds. The molecule has 4 heteroatoms. The van der Waals surface area contributed by atoms with Crippen molar-refractivity contribution in [1.82, 2.24) is 15.0 Å². The van der Waals surface area contributed by atoms with Gasteiger partial charge in [-0.15, -0.1) is 11.3 Å². The summed E-state index contributed by atoms with van der Waals surface area (Å²) in [6.45, 7) is 0. The molecule has 238 valence electrons. The fourth-order valence-corrected chi connectivity index (χ4v) is 8.52. The molecule has 51 heavy (non-hydrogen) atoms. The molecule has 10 rings (SSSR count). The Hall–Kier alpha value is -6.49. The fraction of sp³-hybridized carbons (Fsp3) is 0. The molecule has 0 radical (unpaired) electrons. The Labute approximate surface area is 299 Å². The topological polar surface area (TPSA) is 38.7 Å². The van der Waals surface area contributed by atoms with Gasteiger partial charge in [0, 0.05) is 36.9 Å². The lowest BCUT2D eigenvalue weighted by atomic mass is 9.93. The van der Waals surface area contributed by atoms with Crippen LogP contribution in [0.25, 0.3) is 98.1 Å². The molecule has 8 aromatic carbocycles. The quantitative estimate of drug-likeness (QED) is 0.183. The van der Waals surface area contributed by atoms with Crippen LogP contribution in [0.15, 0.2) is 176 Å². The summed E-state index contributed by atoms with van der Waals surface area (Å²) < 4.78 is 2.42. The maximum Gasteiger partial charge on any atom is 0.165 e. The van der Waals surface area contributed by atoms with E-state index in [1.54, 1.807) is 11.3 Å². The van der Waals surface area contributed by atoms with Gasteiger partial charge in [-0.05, 0) is 62.0 Å². The minimum Gasteiger partial charge on any atom is -0.208 e. The van der Waals surface area contributed by atoms with Gasteiger partial charge in [-0.2, -0.15) is 0 Å². The molecular formula is C47H29N3S. The Morgan fingerprint density at radius 3 is 1.80 bits per heavy atom. The molecule has 0 saturated heterocycles. The van der Waals surface area contributed by atoms with Gasteiger partial charge in [0.25, 0.3) is 0 Å². The first-order chi connectivity index (χ1) is 25.3. The number of hydrogen-bond acceptors (Lipinski definition) is 4.